The van der Waals surface area contributed by atoms with Gasteiger partial charge in [0.05, 0.1) is 0 Å². The monoisotopic (exact) mass is 166 g/mol. The number of piperazine rings is 1. The molecular weight excluding hydrogens is 152 g/mol. The normalized spacial score (nSPS) is 33.5. The van der Waals surface area contributed by atoms with Crippen molar-refractivity contribution in [1.82, 2.24) is 10.2 Å². The van der Waals surface area contributed by atoms with Gasteiger partial charge in [0.1, 0.15) is 0 Å². The summed E-state index contributed by atoms with van der Waals surface area (Å²) in [5.41, 5.74) is 0. The molecule has 3 aliphatic rings. The zero-order valence-corrected chi connectivity index (χ0v) is 7.12. The Kier molecular flexibility index (Phi) is 1.89. The van der Waals surface area contributed by atoms with Crippen LogP contribution >= 0.6 is 0 Å². The van der Waals surface area contributed by atoms with Crippen LogP contribution in [0.4, 0.5) is 0 Å². The van der Waals surface area contributed by atoms with Crippen LogP contribution in [0, 0.1) is 0 Å². The summed E-state index contributed by atoms with van der Waals surface area (Å²) >= 11 is 0. The Labute approximate surface area is 72.4 Å². The summed E-state index contributed by atoms with van der Waals surface area (Å²) < 4.78 is 0. The van der Waals surface area contributed by atoms with Crippen molar-refractivity contribution in [2.45, 2.75) is 24.9 Å². The van der Waals surface area contributed by atoms with Crippen LogP contribution in [0.1, 0.15) is 12.8 Å². The Morgan fingerprint density at radius 2 is 2.42 bits per heavy atom. The SMILES string of the molecule is C=CC(=O)N1CC2CCC1CN2. The van der Waals surface area contributed by atoms with E-state index >= 15 is 0 Å². The summed E-state index contributed by atoms with van der Waals surface area (Å²) in [6.45, 7) is 5.34. The van der Waals surface area contributed by atoms with E-state index in [2.05, 4.69) is 11.9 Å². The van der Waals surface area contributed by atoms with Gasteiger partial charge in [0.15, 0.2) is 0 Å². The molecule has 0 aliphatic carbocycles. The molecule has 3 nitrogen and oxygen atoms in total. The summed E-state index contributed by atoms with van der Waals surface area (Å²) in [4.78, 5) is 13.3. The molecule has 0 aromatic heterocycles. The van der Waals surface area contributed by atoms with Crippen LogP contribution in [0.2, 0.25) is 0 Å². The first-order chi connectivity index (χ1) is 5.81. The summed E-state index contributed by atoms with van der Waals surface area (Å²) in [7, 11) is 0. The highest BCUT2D eigenvalue weighted by Crippen LogP contribution is 2.22. The van der Waals surface area contributed by atoms with Gasteiger partial charge in [-0.3, -0.25) is 4.79 Å². The number of piperidine rings is 2. The number of nitrogens with zero attached hydrogens (tertiary/aromatic N) is 1. The highest BCUT2D eigenvalue weighted by molar-refractivity contribution is 5.87. The Morgan fingerprint density at radius 1 is 1.58 bits per heavy atom. The number of fused-ring (bicyclic) bond motifs is 3. The van der Waals surface area contributed by atoms with E-state index in [1.54, 1.807) is 0 Å². The van der Waals surface area contributed by atoms with E-state index in [0.29, 0.717) is 12.1 Å². The predicted molar refractivity (Wildman–Crippen MR) is 46.7 cm³/mol. The third kappa shape index (κ3) is 1.14. The average Bonchev–Trinajstić information content (AvgIpc) is 2.18. The summed E-state index contributed by atoms with van der Waals surface area (Å²) in [6.07, 6.45) is 3.78. The maximum absolute atomic E-state index is 11.3. The Morgan fingerprint density at radius 3 is 2.83 bits per heavy atom. The van der Waals surface area contributed by atoms with Gasteiger partial charge in [-0.2, -0.15) is 0 Å². The second-order valence-corrected chi connectivity index (χ2v) is 3.53. The molecule has 3 rings (SSSR count). The van der Waals surface area contributed by atoms with Crippen LogP contribution in [0.15, 0.2) is 12.7 Å². The fourth-order valence-electron chi connectivity index (χ4n) is 2.10. The molecule has 0 aromatic carbocycles. The van der Waals surface area contributed by atoms with Crippen molar-refractivity contribution < 1.29 is 4.79 Å². The standard InChI is InChI=1S/C9H14N2O/c1-2-9(12)11-6-7-3-4-8(11)5-10-7/h2,7-8,10H,1,3-6H2. The van der Waals surface area contributed by atoms with Crippen molar-refractivity contribution in [3.05, 3.63) is 12.7 Å². The Hall–Kier alpha value is -0.830. The molecule has 3 aliphatic heterocycles. The third-order valence-corrected chi connectivity index (χ3v) is 2.81. The molecule has 0 saturated carbocycles. The smallest absolute Gasteiger partial charge is 0.246 e. The topological polar surface area (TPSA) is 32.3 Å². The second kappa shape index (κ2) is 2.90. The lowest BCUT2D eigenvalue weighted by Crippen LogP contribution is -2.62. The lowest BCUT2D eigenvalue weighted by atomic mass is 9.93. The van der Waals surface area contributed by atoms with Crippen LogP contribution in [-0.4, -0.2) is 36.0 Å². The van der Waals surface area contributed by atoms with E-state index in [1.165, 1.54) is 12.5 Å². The Bertz CT molecular complexity index is 207. The Balaban J connectivity index is 2.08. The molecule has 2 bridgehead atoms. The van der Waals surface area contributed by atoms with Gasteiger partial charge in [0.25, 0.3) is 0 Å². The molecule has 1 N–H and O–H groups in total. The molecule has 2 unspecified atom stereocenters. The van der Waals surface area contributed by atoms with Crippen molar-refractivity contribution in [2.24, 2.45) is 0 Å². The second-order valence-electron chi connectivity index (χ2n) is 3.53. The van der Waals surface area contributed by atoms with E-state index in [-0.39, 0.29) is 5.91 Å². The summed E-state index contributed by atoms with van der Waals surface area (Å²) in [5.74, 6) is 0.0891. The van der Waals surface area contributed by atoms with Gasteiger partial charge in [0.2, 0.25) is 5.91 Å². The van der Waals surface area contributed by atoms with E-state index < -0.39 is 0 Å². The quantitative estimate of drug-likeness (QED) is 0.562. The molecule has 12 heavy (non-hydrogen) atoms. The van der Waals surface area contributed by atoms with Crippen molar-refractivity contribution in [2.75, 3.05) is 13.1 Å². The number of rotatable bonds is 1. The van der Waals surface area contributed by atoms with Gasteiger partial charge < -0.3 is 10.2 Å². The van der Waals surface area contributed by atoms with Crippen molar-refractivity contribution in [3.8, 4) is 0 Å². The van der Waals surface area contributed by atoms with E-state index in [0.717, 1.165) is 19.5 Å². The van der Waals surface area contributed by atoms with Gasteiger partial charge >= 0.3 is 0 Å². The molecule has 0 radical (unpaired) electrons. The molecule has 66 valence electrons. The fourth-order valence-corrected chi connectivity index (χ4v) is 2.10. The molecule has 3 heteroatoms. The highest BCUT2D eigenvalue weighted by Gasteiger charge is 2.34. The minimum atomic E-state index is 0.0891. The van der Waals surface area contributed by atoms with Gasteiger partial charge in [-0.1, -0.05) is 6.58 Å². The molecule has 3 fully saturated rings. The van der Waals surface area contributed by atoms with Crippen molar-refractivity contribution in [1.29, 1.82) is 0 Å². The largest absolute Gasteiger partial charge is 0.333 e. The highest BCUT2D eigenvalue weighted by atomic mass is 16.2. The predicted octanol–water partition coefficient (Wildman–Crippen LogP) is 0.135. The minimum Gasteiger partial charge on any atom is -0.333 e. The molecule has 1 amide bonds. The minimum absolute atomic E-state index is 0.0891. The van der Waals surface area contributed by atoms with Crippen molar-refractivity contribution >= 4 is 5.91 Å². The zero-order chi connectivity index (χ0) is 8.55. The fraction of sp³-hybridized carbons (Fsp3) is 0.667. The number of carbonyl (C=O) groups is 1. The van der Waals surface area contributed by atoms with Gasteiger partial charge in [-0.25, -0.2) is 0 Å². The first-order valence-electron chi connectivity index (χ1n) is 4.47. The van der Waals surface area contributed by atoms with Crippen molar-refractivity contribution in [3.63, 3.8) is 0 Å². The van der Waals surface area contributed by atoms with Gasteiger partial charge in [-0.15, -0.1) is 0 Å². The molecular formula is C9H14N2O. The number of nitrogens with one attached hydrogen (secondary N) is 1. The number of hydrogen-bond donors (Lipinski definition) is 1. The number of hydrogen-bond acceptors (Lipinski definition) is 2. The zero-order valence-electron chi connectivity index (χ0n) is 7.12. The summed E-state index contributed by atoms with van der Waals surface area (Å²) in [6, 6.07) is 0.944. The van der Waals surface area contributed by atoms with Crippen LogP contribution in [-0.2, 0) is 4.79 Å². The lowest BCUT2D eigenvalue weighted by Gasteiger charge is -2.45. The van der Waals surface area contributed by atoms with Crippen LogP contribution in [0.25, 0.3) is 0 Å². The molecule has 0 spiro atoms. The van der Waals surface area contributed by atoms with E-state index in [9.17, 15) is 4.79 Å². The van der Waals surface area contributed by atoms with Crippen LogP contribution in [0.5, 0.6) is 0 Å². The van der Waals surface area contributed by atoms with Gasteiger partial charge in [-0.05, 0) is 18.9 Å². The molecule has 2 atom stereocenters. The first kappa shape index (κ1) is 7.80. The van der Waals surface area contributed by atoms with Crippen LogP contribution in [0.3, 0.4) is 0 Å². The summed E-state index contributed by atoms with van der Waals surface area (Å²) in [5, 5.41) is 3.40. The first-order valence-corrected chi connectivity index (χ1v) is 4.47. The lowest BCUT2D eigenvalue weighted by molar-refractivity contribution is -0.131. The molecule has 3 heterocycles. The van der Waals surface area contributed by atoms with E-state index in [4.69, 9.17) is 0 Å². The average molecular weight is 166 g/mol. The maximum atomic E-state index is 11.3. The van der Waals surface area contributed by atoms with Gasteiger partial charge in [0, 0.05) is 25.2 Å². The molecule has 3 saturated heterocycles. The maximum Gasteiger partial charge on any atom is 0.246 e. The number of amides is 1. The van der Waals surface area contributed by atoms with E-state index in [1.807, 2.05) is 4.90 Å². The third-order valence-electron chi connectivity index (χ3n) is 2.81. The number of carbonyl (C=O) groups excluding carboxylic acids is 1. The van der Waals surface area contributed by atoms with Crippen LogP contribution < -0.4 is 5.32 Å². The molecule has 0 aromatic rings.